The highest BCUT2D eigenvalue weighted by Gasteiger charge is 2.19. The molecule has 0 amide bonds. The van der Waals surface area contributed by atoms with Gasteiger partial charge in [0, 0.05) is 44.4 Å². The molecule has 1 heterocycles. The van der Waals surface area contributed by atoms with Gasteiger partial charge in [0.05, 0.1) is 56.7 Å². The van der Waals surface area contributed by atoms with Crippen molar-refractivity contribution in [3.63, 3.8) is 0 Å². The lowest BCUT2D eigenvalue weighted by Crippen LogP contribution is -2.40. The normalized spacial score (nSPS) is 14.0. The minimum absolute atomic E-state index is 0.000674. The van der Waals surface area contributed by atoms with Crippen molar-refractivity contribution in [2.75, 3.05) is 103 Å². The fourth-order valence-electron chi connectivity index (χ4n) is 3.76. The first-order chi connectivity index (χ1) is 22.2. The second-order valence-corrected chi connectivity index (χ2v) is 13.0. The van der Waals surface area contributed by atoms with Crippen molar-refractivity contribution >= 4 is 47.4 Å². The highest BCUT2D eigenvalue weighted by molar-refractivity contribution is 7.99. The van der Waals surface area contributed by atoms with E-state index in [0.717, 1.165) is 17.2 Å². The monoisotopic (exact) mass is 694 g/mol. The van der Waals surface area contributed by atoms with Crippen LogP contribution in [0.2, 0.25) is 0 Å². The van der Waals surface area contributed by atoms with Crippen molar-refractivity contribution in [1.82, 2.24) is 20.9 Å². The van der Waals surface area contributed by atoms with Gasteiger partial charge in [-0.2, -0.15) is 23.5 Å². The molecular weight excluding hydrogens is 640 g/mol. The van der Waals surface area contributed by atoms with Gasteiger partial charge >= 0.3 is 23.9 Å². The van der Waals surface area contributed by atoms with Crippen LogP contribution in [0, 0.1) is 11.8 Å². The molecule has 14 nitrogen and oxygen atoms in total. The van der Waals surface area contributed by atoms with Crippen LogP contribution in [0.5, 0.6) is 0 Å². The molecule has 0 aromatic heterocycles. The molecule has 0 bridgehead atoms. The van der Waals surface area contributed by atoms with Crippen LogP contribution in [0.1, 0.15) is 40.5 Å². The maximum absolute atomic E-state index is 12.4. The zero-order valence-electron chi connectivity index (χ0n) is 28.0. The second kappa shape index (κ2) is 26.8. The molecule has 1 aliphatic rings. The van der Waals surface area contributed by atoms with E-state index in [2.05, 4.69) is 11.0 Å². The maximum Gasteiger partial charge on any atom is 0.309 e. The number of esters is 4. The van der Waals surface area contributed by atoms with E-state index >= 15 is 0 Å². The summed E-state index contributed by atoms with van der Waals surface area (Å²) in [5, 5.41) is 1.84. The van der Waals surface area contributed by atoms with Crippen molar-refractivity contribution in [2.24, 2.45) is 11.8 Å². The van der Waals surface area contributed by atoms with Crippen molar-refractivity contribution in [2.45, 2.75) is 40.5 Å². The van der Waals surface area contributed by atoms with Gasteiger partial charge in [-0.3, -0.25) is 29.1 Å². The van der Waals surface area contributed by atoms with Crippen molar-refractivity contribution in [3.8, 4) is 0 Å². The van der Waals surface area contributed by atoms with Crippen LogP contribution >= 0.6 is 23.5 Å². The van der Waals surface area contributed by atoms with E-state index in [9.17, 15) is 19.2 Å². The van der Waals surface area contributed by atoms with Crippen molar-refractivity contribution < 1.29 is 47.6 Å². The van der Waals surface area contributed by atoms with Gasteiger partial charge in [-0.05, 0) is 11.5 Å². The third kappa shape index (κ3) is 20.8. The minimum Gasteiger partial charge on any atom is -0.462 e. The summed E-state index contributed by atoms with van der Waals surface area (Å²) in [6.07, 6.45) is 2.05. The Morgan fingerprint density at radius 1 is 0.783 bits per heavy atom. The molecule has 0 radical (unpaired) electrons. The standard InChI is InChI=1S/C30H54N4O10S2/c1-6-45-22-24(3)29(37)43-18-16-41-27(35)8-10-33(20-26-21-34(32-31-26)12-13-40-15-14-39-5)11-9-28(36)42-17-19-44-30(38)25(4)23-46-7-2/h21,24-25,31-32H,6-20,22-23H2,1-5H3. The number of nitrogens with one attached hydrogen (secondary N) is 2. The molecule has 16 heteroatoms. The fraction of sp³-hybridized carbons (Fsp3) is 0.800. The van der Waals surface area contributed by atoms with Crippen molar-refractivity contribution in [1.29, 1.82) is 0 Å². The van der Waals surface area contributed by atoms with Gasteiger partial charge < -0.3 is 33.8 Å². The van der Waals surface area contributed by atoms with Crippen LogP contribution in [-0.2, 0) is 47.6 Å². The van der Waals surface area contributed by atoms with Crippen LogP contribution in [0.15, 0.2) is 11.9 Å². The number of nitrogens with zero attached hydrogens (tertiary/aromatic N) is 2. The van der Waals surface area contributed by atoms with Crippen LogP contribution in [-0.4, -0.2) is 136 Å². The molecule has 0 aliphatic carbocycles. The predicted molar refractivity (Wildman–Crippen MR) is 178 cm³/mol. The number of hydrazine groups is 2. The van der Waals surface area contributed by atoms with Crippen LogP contribution in [0.4, 0.5) is 0 Å². The summed E-state index contributed by atoms with van der Waals surface area (Å²) in [5.74, 6) is 1.29. The summed E-state index contributed by atoms with van der Waals surface area (Å²) in [6.45, 7) is 10.8. The average molecular weight is 695 g/mol. The Morgan fingerprint density at radius 2 is 1.30 bits per heavy atom. The smallest absolute Gasteiger partial charge is 0.309 e. The maximum atomic E-state index is 12.4. The summed E-state index contributed by atoms with van der Waals surface area (Å²) in [7, 11) is 1.62. The van der Waals surface area contributed by atoms with Crippen LogP contribution in [0.3, 0.4) is 0 Å². The highest BCUT2D eigenvalue weighted by Crippen LogP contribution is 2.11. The van der Waals surface area contributed by atoms with Gasteiger partial charge in [0.25, 0.3) is 0 Å². The number of thioether (sulfide) groups is 2. The van der Waals surface area contributed by atoms with Gasteiger partial charge in [-0.15, -0.1) is 5.53 Å². The minimum atomic E-state index is -0.437. The SMILES string of the molecule is CCSCC(C)C(=O)OCCOC(=O)CCN(CCC(=O)OCCOC(=O)C(C)CSCC)CC1=CN(CCOCCOC)NN1. The molecule has 1 rings (SSSR count). The Balaban J connectivity index is 2.52. The van der Waals surface area contributed by atoms with Crippen LogP contribution < -0.4 is 11.0 Å². The molecule has 0 saturated carbocycles. The first-order valence-corrected chi connectivity index (χ1v) is 18.1. The number of ether oxygens (including phenoxy) is 6. The van der Waals surface area contributed by atoms with Gasteiger partial charge in [0.1, 0.15) is 26.4 Å². The Labute approximate surface area is 282 Å². The number of methoxy groups -OCH3 is 1. The van der Waals surface area contributed by atoms with Gasteiger partial charge in [0.2, 0.25) is 0 Å². The molecular formula is C30H54N4O10S2. The zero-order chi connectivity index (χ0) is 34.0. The molecule has 1 aliphatic heterocycles. The molecule has 46 heavy (non-hydrogen) atoms. The van der Waals surface area contributed by atoms with Gasteiger partial charge in [-0.25, -0.2) is 0 Å². The molecule has 0 aromatic carbocycles. The molecule has 266 valence electrons. The van der Waals surface area contributed by atoms with Crippen LogP contribution in [0.25, 0.3) is 0 Å². The van der Waals surface area contributed by atoms with E-state index in [-0.39, 0.29) is 63.0 Å². The van der Waals surface area contributed by atoms with Gasteiger partial charge in [0.15, 0.2) is 0 Å². The Kier molecular flexibility index (Phi) is 24.3. The fourth-order valence-corrected chi connectivity index (χ4v) is 5.21. The summed E-state index contributed by atoms with van der Waals surface area (Å²) < 4.78 is 31.4. The predicted octanol–water partition coefficient (Wildman–Crippen LogP) is 1.85. The van der Waals surface area contributed by atoms with Crippen molar-refractivity contribution in [3.05, 3.63) is 11.9 Å². The molecule has 2 N–H and O–H groups in total. The van der Waals surface area contributed by atoms with E-state index in [4.69, 9.17) is 28.4 Å². The molecule has 0 saturated heterocycles. The first kappa shape index (κ1) is 41.8. The number of carbonyl (C=O) groups is 4. The van der Waals surface area contributed by atoms with Gasteiger partial charge in [-0.1, -0.05) is 27.7 Å². The number of hydrogen-bond donors (Lipinski definition) is 2. The third-order valence-electron chi connectivity index (χ3n) is 6.37. The third-order valence-corrected chi connectivity index (χ3v) is 8.66. The van der Waals surface area contributed by atoms with E-state index in [1.807, 2.05) is 43.8 Å². The highest BCUT2D eigenvalue weighted by atomic mass is 32.2. The number of hydrogen-bond acceptors (Lipinski definition) is 16. The Bertz CT molecular complexity index is 865. The molecule has 2 atom stereocenters. The van der Waals surface area contributed by atoms with E-state index in [1.165, 1.54) is 0 Å². The molecule has 0 spiro atoms. The topological polar surface area (TPSA) is 154 Å². The summed E-state index contributed by atoms with van der Waals surface area (Å²) in [5.41, 5.74) is 6.97. The van der Waals surface area contributed by atoms with E-state index in [0.29, 0.717) is 57.5 Å². The molecule has 2 unspecified atom stereocenters. The Hall–Kier alpha value is -2.24. The van der Waals surface area contributed by atoms with E-state index in [1.54, 1.807) is 30.6 Å². The molecule has 0 aromatic rings. The first-order valence-electron chi connectivity index (χ1n) is 15.8. The Morgan fingerprint density at radius 3 is 1.80 bits per heavy atom. The summed E-state index contributed by atoms with van der Waals surface area (Å²) in [4.78, 5) is 50.8. The summed E-state index contributed by atoms with van der Waals surface area (Å²) in [6, 6.07) is 0. The number of rotatable bonds is 28. The lowest BCUT2D eigenvalue weighted by atomic mass is 10.2. The quantitative estimate of drug-likeness (QED) is 0.0695. The lowest BCUT2D eigenvalue weighted by molar-refractivity contribution is -0.154. The lowest BCUT2D eigenvalue weighted by Gasteiger charge is -2.22. The van der Waals surface area contributed by atoms with E-state index < -0.39 is 11.9 Å². The second-order valence-electron chi connectivity index (χ2n) is 10.4. The molecule has 0 fully saturated rings. The largest absolute Gasteiger partial charge is 0.462 e. The average Bonchev–Trinajstić information content (AvgIpc) is 3.50. The zero-order valence-corrected chi connectivity index (χ0v) is 29.7. The summed E-state index contributed by atoms with van der Waals surface area (Å²) >= 11 is 3.33. The number of carbonyl (C=O) groups excluding carboxylic acids is 4.